The van der Waals surface area contributed by atoms with E-state index in [1.807, 2.05) is 6.07 Å². The van der Waals surface area contributed by atoms with Crippen LogP contribution in [0.2, 0.25) is 0 Å². The predicted octanol–water partition coefficient (Wildman–Crippen LogP) is 3.44. The number of hydrogen-bond donors (Lipinski definition) is 2. The van der Waals surface area contributed by atoms with E-state index in [1.54, 1.807) is 32.2 Å². The van der Waals surface area contributed by atoms with Crippen LogP contribution in [0.1, 0.15) is 18.4 Å². The van der Waals surface area contributed by atoms with E-state index >= 15 is 0 Å². The summed E-state index contributed by atoms with van der Waals surface area (Å²) in [7, 11) is -3.83. The number of furan rings is 1. The third-order valence-corrected chi connectivity index (χ3v) is 6.39. The van der Waals surface area contributed by atoms with Gasteiger partial charge in [0.2, 0.25) is 11.9 Å². The minimum absolute atomic E-state index is 0.00443. The Bertz CT molecular complexity index is 1070. The molecular weight excluding hydrogens is 412 g/mol. The Hall–Kier alpha value is -2.85. The molecule has 0 aliphatic heterocycles. The molecule has 1 atom stereocenters. The van der Waals surface area contributed by atoms with Gasteiger partial charge in [-0.1, -0.05) is 0 Å². The highest BCUT2D eigenvalue weighted by Gasteiger charge is 2.17. The smallest absolute Gasteiger partial charge is 0.264 e. The van der Waals surface area contributed by atoms with Crippen molar-refractivity contribution in [2.24, 2.45) is 0 Å². The molecule has 10 heteroatoms. The molecule has 1 unspecified atom stereocenters. The van der Waals surface area contributed by atoms with Crippen LogP contribution in [-0.4, -0.2) is 29.5 Å². The van der Waals surface area contributed by atoms with Gasteiger partial charge in [0.25, 0.3) is 10.0 Å². The van der Waals surface area contributed by atoms with Crippen molar-refractivity contribution in [3.8, 4) is 0 Å². The molecule has 29 heavy (non-hydrogen) atoms. The highest BCUT2D eigenvalue weighted by atomic mass is 32.2. The fourth-order valence-electron chi connectivity index (χ4n) is 2.32. The maximum atomic E-state index is 12.5. The fraction of sp³-hybridized carbons (Fsp3) is 0.211. The largest absolute Gasteiger partial charge is 0.468 e. The number of benzene rings is 1. The molecule has 1 aromatic carbocycles. The Morgan fingerprint density at radius 2 is 1.97 bits per heavy atom. The number of aromatic nitrogens is 2. The van der Waals surface area contributed by atoms with Crippen molar-refractivity contribution < 1.29 is 17.6 Å². The molecule has 0 fully saturated rings. The third kappa shape index (κ3) is 5.81. The summed E-state index contributed by atoms with van der Waals surface area (Å²) in [5.41, 5.74) is 1.15. The molecule has 0 aliphatic rings. The van der Waals surface area contributed by atoms with E-state index < -0.39 is 10.0 Å². The molecule has 3 aromatic rings. The zero-order valence-electron chi connectivity index (χ0n) is 15.8. The number of thioether (sulfide) groups is 1. The van der Waals surface area contributed by atoms with Gasteiger partial charge in [-0.2, -0.15) is 0 Å². The second-order valence-corrected chi connectivity index (χ2v) is 9.18. The van der Waals surface area contributed by atoms with Crippen molar-refractivity contribution in [1.82, 2.24) is 9.97 Å². The maximum Gasteiger partial charge on any atom is 0.264 e. The van der Waals surface area contributed by atoms with Crippen LogP contribution < -0.4 is 10.0 Å². The van der Waals surface area contributed by atoms with E-state index in [-0.39, 0.29) is 22.0 Å². The molecule has 8 nitrogen and oxygen atoms in total. The van der Waals surface area contributed by atoms with Gasteiger partial charge in [0, 0.05) is 17.6 Å². The van der Waals surface area contributed by atoms with E-state index in [0.717, 1.165) is 5.76 Å². The van der Waals surface area contributed by atoms with Crippen molar-refractivity contribution in [2.75, 3.05) is 10.0 Å². The summed E-state index contributed by atoms with van der Waals surface area (Å²) in [5.74, 6) is 1.22. The number of hydrogen-bond acceptors (Lipinski definition) is 7. The number of nitrogens with one attached hydrogen (secondary N) is 2. The molecule has 0 saturated carbocycles. The standard InChI is InChI=1S/C19H20N4O4S2/c1-13-9-10-20-19(21-13)23-29(25,26)17-7-5-15(6-8-17)22-18(24)14(2)28-12-16-4-3-11-27-16/h3-11,14H,12H2,1-2H3,(H,22,24)(H,20,21,23). The predicted molar refractivity (Wildman–Crippen MR) is 112 cm³/mol. The summed E-state index contributed by atoms with van der Waals surface area (Å²) >= 11 is 1.45. The van der Waals surface area contributed by atoms with Gasteiger partial charge < -0.3 is 9.73 Å². The Morgan fingerprint density at radius 1 is 1.21 bits per heavy atom. The van der Waals surface area contributed by atoms with E-state index in [1.165, 1.54) is 42.2 Å². The molecule has 2 N–H and O–H groups in total. The van der Waals surface area contributed by atoms with Gasteiger partial charge in [0.05, 0.1) is 22.2 Å². The molecular formula is C19H20N4O4S2. The summed E-state index contributed by atoms with van der Waals surface area (Å²) < 4.78 is 32.5. The van der Waals surface area contributed by atoms with Crippen LogP contribution in [0.25, 0.3) is 0 Å². The molecule has 152 valence electrons. The lowest BCUT2D eigenvalue weighted by atomic mass is 10.3. The number of carbonyl (C=O) groups excluding carboxylic acids is 1. The number of sulfonamides is 1. The van der Waals surface area contributed by atoms with Crippen molar-refractivity contribution in [3.05, 3.63) is 66.4 Å². The van der Waals surface area contributed by atoms with E-state index in [0.29, 0.717) is 17.1 Å². The minimum Gasteiger partial charge on any atom is -0.468 e. The molecule has 0 radical (unpaired) electrons. The highest BCUT2D eigenvalue weighted by Crippen LogP contribution is 2.21. The number of aryl methyl sites for hydroxylation is 1. The molecule has 1 amide bonds. The second kappa shape index (κ2) is 9.10. The van der Waals surface area contributed by atoms with Crippen LogP contribution in [0.15, 0.2) is 64.2 Å². The van der Waals surface area contributed by atoms with Gasteiger partial charge in [-0.25, -0.2) is 23.1 Å². The van der Waals surface area contributed by atoms with Gasteiger partial charge in [-0.3, -0.25) is 4.79 Å². The second-order valence-electron chi connectivity index (χ2n) is 6.17. The Labute approximate surface area is 173 Å². The summed E-state index contributed by atoms with van der Waals surface area (Å²) in [4.78, 5) is 20.3. The Kier molecular flexibility index (Phi) is 6.55. The van der Waals surface area contributed by atoms with E-state index in [9.17, 15) is 13.2 Å². The molecule has 2 heterocycles. The first-order valence-electron chi connectivity index (χ1n) is 8.71. The van der Waals surface area contributed by atoms with Gasteiger partial charge in [0.1, 0.15) is 5.76 Å². The number of carbonyl (C=O) groups is 1. The monoisotopic (exact) mass is 432 g/mol. The van der Waals surface area contributed by atoms with Crippen molar-refractivity contribution in [3.63, 3.8) is 0 Å². The van der Waals surface area contributed by atoms with Crippen molar-refractivity contribution in [2.45, 2.75) is 29.7 Å². The lowest BCUT2D eigenvalue weighted by Crippen LogP contribution is -2.22. The number of anilines is 2. The summed E-state index contributed by atoms with van der Waals surface area (Å²) in [6.07, 6.45) is 3.07. The van der Waals surface area contributed by atoms with Crippen molar-refractivity contribution in [1.29, 1.82) is 0 Å². The quantitative estimate of drug-likeness (QED) is 0.560. The number of amides is 1. The normalized spacial score (nSPS) is 12.3. The molecule has 0 bridgehead atoms. The van der Waals surface area contributed by atoms with Crippen LogP contribution >= 0.6 is 11.8 Å². The summed E-state index contributed by atoms with van der Waals surface area (Å²) in [6.45, 7) is 3.54. The highest BCUT2D eigenvalue weighted by molar-refractivity contribution is 7.99. The average Bonchev–Trinajstić information content (AvgIpc) is 3.20. The van der Waals surface area contributed by atoms with Crippen LogP contribution in [-0.2, 0) is 20.6 Å². The van der Waals surface area contributed by atoms with Crippen LogP contribution in [0.3, 0.4) is 0 Å². The van der Waals surface area contributed by atoms with Crippen LogP contribution in [0.4, 0.5) is 11.6 Å². The Morgan fingerprint density at radius 3 is 2.62 bits per heavy atom. The molecule has 0 spiro atoms. The average molecular weight is 433 g/mol. The first kappa shape index (κ1) is 20.9. The van der Waals surface area contributed by atoms with Crippen LogP contribution in [0, 0.1) is 6.92 Å². The molecule has 3 rings (SSSR count). The first-order valence-corrected chi connectivity index (χ1v) is 11.2. The topological polar surface area (TPSA) is 114 Å². The lowest BCUT2D eigenvalue weighted by Gasteiger charge is -2.12. The van der Waals surface area contributed by atoms with E-state index in [2.05, 4.69) is 20.0 Å². The molecule has 2 aromatic heterocycles. The zero-order valence-corrected chi connectivity index (χ0v) is 17.5. The number of nitrogens with zero attached hydrogens (tertiary/aromatic N) is 2. The van der Waals surface area contributed by atoms with E-state index in [4.69, 9.17) is 4.42 Å². The van der Waals surface area contributed by atoms with Gasteiger partial charge in [0.15, 0.2) is 0 Å². The van der Waals surface area contributed by atoms with Crippen LogP contribution in [0.5, 0.6) is 0 Å². The molecule has 0 saturated heterocycles. The lowest BCUT2D eigenvalue weighted by molar-refractivity contribution is -0.115. The minimum atomic E-state index is -3.83. The summed E-state index contributed by atoms with van der Waals surface area (Å²) in [5, 5.41) is 2.48. The number of rotatable bonds is 8. The Balaban J connectivity index is 1.59. The van der Waals surface area contributed by atoms with Crippen molar-refractivity contribution >= 4 is 39.3 Å². The van der Waals surface area contributed by atoms with Gasteiger partial charge in [-0.15, -0.1) is 11.8 Å². The SMILES string of the molecule is Cc1ccnc(NS(=O)(=O)c2ccc(NC(=O)C(C)SCc3ccco3)cc2)n1. The third-order valence-electron chi connectivity index (χ3n) is 3.88. The van der Waals surface area contributed by atoms with Gasteiger partial charge >= 0.3 is 0 Å². The fourth-order valence-corrected chi connectivity index (χ4v) is 4.06. The first-order chi connectivity index (χ1) is 13.8. The summed E-state index contributed by atoms with van der Waals surface area (Å²) in [6, 6.07) is 11.2. The molecule has 0 aliphatic carbocycles. The zero-order chi connectivity index (χ0) is 20.9. The van der Waals surface area contributed by atoms with Gasteiger partial charge in [-0.05, 0) is 56.3 Å². The maximum absolute atomic E-state index is 12.5.